The zero-order valence-corrected chi connectivity index (χ0v) is 39.2. The maximum absolute atomic E-state index is 4.19. The van der Waals surface area contributed by atoms with Crippen molar-refractivity contribution >= 4 is 51.2 Å². The first-order valence-corrected chi connectivity index (χ1v) is 23.4. The van der Waals surface area contributed by atoms with Crippen LogP contribution in [0.5, 0.6) is 0 Å². The van der Waals surface area contributed by atoms with E-state index < -0.39 is 0 Å². The fraction of sp³-hybridized carbons (Fsp3) is 0. The summed E-state index contributed by atoms with van der Waals surface area (Å²) in [6.45, 7) is 16.4. The number of benzene rings is 9. The summed E-state index contributed by atoms with van der Waals surface area (Å²) in [5.74, 6) is 0. The minimum atomic E-state index is 0.905. The second-order valence-electron chi connectivity index (χ2n) is 16.5. The van der Waals surface area contributed by atoms with Crippen LogP contribution in [0.2, 0.25) is 0 Å². The van der Waals surface area contributed by atoms with E-state index in [2.05, 4.69) is 271 Å². The Bertz CT molecular complexity index is 3260. The molecule has 0 spiro atoms. The van der Waals surface area contributed by atoms with E-state index in [9.17, 15) is 0 Å². The Kier molecular flexibility index (Phi) is 14.3. The van der Waals surface area contributed by atoms with Crippen molar-refractivity contribution in [3.05, 3.63) is 311 Å². The van der Waals surface area contributed by atoms with Crippen LogP contribution in [0.4, 0.5) is 51.2 Å². The van der Waals surface area contributed by atoms with Crippen molar-refractivity contribution in [1.82, 2.24) is 0 Å². The van der Waals surface area contributed by atoms with Crippen LogP contribution in [0.1, 0.15) is 0 Å². The Morgan fingerprint density at radius 1 is 0.300 bits per heavy atom. The van der Waals surface area contributed by atoms with Gasteiger partial charge in [-0.15, -0.1) is 0 Å². The number of rotatable bonds is 18. The van der Waals surface area contributed by atoms with E-state index in [0.717, 1.165) is 84.8 Å². The lowest BCUT2D eigenvalue weighted by atomic mass is 10.0. The van der Waals surface area contributed by atoms with Crippen LogP contribution >= 0.6 is 0 Å². The van der Waals surface area contributed by atoms with Crippen molar-refractivity contribution in [3.63, 3.8) is 0 Å². The van der Waals surface area contributed by atoms with Crippen molar-refractivity contribution in [2.75, 3.05) is 20.0 Å². The number of nitrogens with zero attached hydrogens (tertiary/aromatic N) is 3. The van der Waals surface area contributed by atoms with Gasteiger partial charge >= 0.3 is 0 Å². The molecule has 0 aromatic heterocycles. The van der Waals surface area contributed by atoms with Crippen molar-refractivity contribution in [1.29, 1.82) is 0 Å². The van der Waals surface area contributed by atoms with E-state index >= 15 is 0 Å². The molecule has 0 saturated carbocycles. The van der Waals surface area contributed by atoms with E-state index in [-0.39, 0.29) is 0 Å². The van der Waals surface area contributed by atoms with Gasteiger partial charge in [0, 0.05) is 62.6 Å². The van der Waals surface area contributed by atoms with Crippen LogP contribution in [-0.2, 0) is 0 Å². The second-order valence-corrected chi connectivity index (χ2v) is 16.5. The van der Waals surface area contributed by atoms with Crippen molar-refractivity contribution in [2.24, 2.45) is 0 Å². The third-order valence-corrected chi connectivity index (χ3v) is 12.1. The van der Waals surface area contributed by atoms with E-state index in [1.54, 1.807) is 12.2 Å². The largest absolute Gasteiger partial charge is 0.356 e. The third-order valence-electron chi connectivity index (χ3n) is 12.1. The van der Waals surface area contributed by atoms with E-state index in [1.165, 1.54) is 11.1 Å². The smallest absolute Gasteiger partial charge is 0.0467 e. The predicted molar refractivity (Wildman–Crippen MR) is 301 cm³/mol. The Morgan fingerprint density at radius 3 is 1.13 bits per heavy atom. The van der Waals surface area contributed by atoms with Gasteiger partial charge in [0.15, 0.2) is 0 Å². The zero-order chi connectivity index (χ0) is 48.1. The molecule has 0 aliphatic rings. The molecule has 338 valence electrons. The molecule has 0 heterocycles. The zero-order valence-electron chi connectivity index (χ0n) is 39.2. The van der Waals surface area contributed by atoms with Crippen LogP contribution in [0, 0.1) is 0 Å². The van der Waals surface area contributed by atoms with E-state index in [1.807, 2.05) is 36.4 Å². The molecule has 9 aromatic rings. The number of hydrogen-bond donors (Lipinski definition) is 1. The Labute approximate surface area is 413 Å². The molecule has 0 fully saturated rings. The summed E-state index contributed by atoms with van der Waals surface area (Å²) in [5.41, 5.74) is 17.9. The first kappa shape index (κ1) is 45.8. The van der Waals surface area contributed by atoms with Gasteiger partial charge in [0.25, 0.3) is 0 Å². The number of anilines is 9. The molecule has 4 heteroatoms. The van der Waals surface area contributed by atoms with Gasteiger partial charge in [-0.2, -0.15) is 0 Å². The molecule has 0 bridgehead atoms. The summed E-state index contributed by atoms with van der Waals surface area (Å²) in [6, 6.07) is 83.0. The predicted octanol–water partition coefficient (Wildman–Crippen LogP) is 18.7. The summed E-state index contributed by atoms with van der Waals surface area (Å²) in [6.07, 6.45) is 11.3. The normalized spacial score (nSPS) is 11.3. The minimum Gasteiger partial charge on any atom is -0.356 e. The molecule has 4 nitrogen and oxygen atoms in total. The molecule has 0 aliphatic heterocycles. The molecule has 70 heavy (non-hydrogen) atoms. The molecule has 9 aromatic carbocycles. The van der Waals surface area contributed by atoms with Crippen LogP contribution in [0.15, 0.2) is 311 Å². The van der Waals surface area contributed by atoms with Crippen molar-refractivity contribution in [2.45, 2.75) is 0 Å². The molecule has 9 rings (SSSR count). The average molecular weight is 903 g/mol. The van der Waals surface area contributed by atoms with Gasteiger partial charge in [0.2, 0.25) is 0 Å². The van der Waals surface area contributed by atoms with Crippen molar-refractivity contribution < 1.29 is 0 Å². The summed E-state index contributed by atoms with van der Waals surface area (Å²) >= 11 is 0. The second kappa shape index (κ2) is 21.9. The number of hydrogen-bond acceptors (Lipinski definition) is 4. The minimum absolute atomic E-state index is 0.905. The molecular formula is C66H54N4. The molecule has 0 atom stereocenters. The number of para-hydroxylation sites is 1. The maximum atomic E-state index is 4.19. The standard InChI is InChI=1S/C66H54N4/c1-5-20-58(7-3)68(63-42-36-56(37-43-63)67-57-28-18-26-54(48-57)50-22-12-9-13-23-50)61-38-32-52(33-39-61)53-34-40-62(41-35-53)69(59(8-4)21-6-2)64-44-46-65(47-45-64)70(60-29-16-11-17-30-60)66-31-19-27-55(49-66)51-24-14-10-15-25-51/h5-49,67H,1-4H2/b58-20+,59-21+. The Morgan fingerprint density at radius 2 is 0.657 bits per heavy atom. The number of allylic oxidation sites excluding steroid dienone is 6. The van der Waals surface area contributed by atoms with Gasteiger partial charge in [-0.25, -0.2) is 0 Å². The van der Waals surface area contributed by atoms with Crippen LogP contribution in [-0.4, -0.2) is 0 Å². The lowest BCUT2D eigenvalue weighted by Gasteiger charge is -2.29. The molecular weight excluding hydrogens is 849 g/mol. The summed E-state index contributed by atoms with van der Waals surface area (Å²) < 4.78 is 0. The van der Waals surface area contributed by atoms with Crippen molar-refractivity contribution in [3.8, 4) is 33.4 Å². The van der Waals surface area contributed by atoms with Gasteiger partial charge in [-0.3, -0.25) is 0 Å². The number of nitrogens with one attached hydrogen (secondary N) is 1. The quantitative estimate of drug-likeness (QED) is 0.0866. The highest BCUT2D eigenvalue weighted by molar-refractivity contribution is 5.83. The lowest BCUT2D eigenvalue weighted by molar-refractivity contribution is 1.20. The SMILES string of the molecule is C=C/C=C(\C=C)N(c1ccc(Nc2cccc(-c3ccccc3)c2)cc1)c1ccc(-c2ccc(N(/C(C=C)=C/C=C)c3ccc(N(c4ccccc4)c4cccc(-c5ccccc5)c4)cc3)cc2)cc1. The molecule has 0 amide bonds. The molecule has 0 saturated heterocycles. The Balaban J connectivity index is 0.968. The molecule has 0 aliphatic carbocycles. The third kappa shape index (κ3) is 10.4. The molecule has 0 radical (unpaired) electrons. The fourth-order valence-corrected chi connectivity index (χ4v) is 8.71. The average Bonchev–Trinajstić information content (AvgIpc) is 3.43. The van der Waals surface area contributed by atoms with Gasteiger partial charge in [-0.05, 0) is 167 Å². The topological polar surface area (TPSA) is 21.8 Å². The van der Waals surface area contributed by atoms with Gasteiger partial charge in [0.05, 0.1) is 0 Å². The van der Waals surface area contributed by atoms with E-state index in [4.69, 9.17) is 0 Å². The van der Waals surface area contributed by atoms with Crippen LogP contribution < -0.4 is 20.0 Å². The highest BCUT2D eigenvalue weighted by atomic mass is 15.2. The fourth-order valence-electron chi connectivity index (χ4n) is 8.71. The van der Waals surface area contributed by atoms with Crippen LogP contribution in [0.3, 0.4) is 0 Å². The highest BCUT2D eigenvalue weighted by Crippen LogP contribution is 2.40. The summed E-state index contributed by atoms with van der Waals surface area (Å²) in [4.78, 5) is 6.69. The van der Waals surface area contributed by atoms with E-state index in [0.29, 0.717) is 0 Å². The Hall–Kier alpha value is -9.38. The monoisotopic (exact) mass is 902 g/mol. The van der Waals surface area contributed by atoms with Gasteiger partial charge < -0.3 is 20.0 Å². The first-order chi connectivity index (χ1) is 34.5. The highest BCUT2D eigenvalue weighted by Gasteiger charge is 2.18. The lowest BCUT2D eigenvalue weighted by Crippen LogP contribution is -2.15. The molecule has 1 N–H and O–H groups in total. The summed E-state index contributed by atoms with van der Waals surface area (Å²) in [5, 5.41) is 3.59. The molecule has 0 unspecified atom stereocenters. The van der Waals surface area contributed by atoms with Crippen LogP contribution in [0.25, 0.3) is 33.4 Å². The summed E-state index contributed by atoms with van der Waals surface area (Å²) in [7, 11) is 0. The maximum Gasteiger partial charge on any atom is 0.0467 e. The van der Waals surface area contributed by atoms with Gasteiger partial charge in [0.1, 0.15) is 0 Å². The first-order valence-electron chi connectivity index (χ1n) is 23.4. The van der Waals surface area contributed by atoms with Gasteiger partial charge in [-0.1, -0.05) is 166 Å².